The number of aliphatic hydroxyl groups excluding tert-OH is 4. The minimum Gasteiger partial charge on any atom is -0.391 e. The lowest BCUT2D eigenvalue weighted by atomic mass is 9.86. The molecule has 0 fully saturated rings. The molecule has 86 valence electrons. The molecule has 14 heavy (non-hydrogen) atoms. The summed E-state index contributed by atoms with van der Waals surface area (Å²) < 4.78 is 0. The van der Waals surface area contributed by atoms with E-state index < -0.39 is 24.4 Å². The van der Waals surface area contributed by atoms with E-state index in [2.05, 4.69) is 0 Å². The zero-order valence-corrected chi connectivity index (χ0v) is 9.31. The summed E-state index contributed by atoms with van der Waals surface area (Å²) in [5, 5.41) is 37.3. The highest BCUT2D eigenvalue weighted by Gasteiger charge is 2.30. The molecule has 0 spiro atoms. The maximum Gasteiger partial charge on any atom is 0.108 e. The lowest BCUT2D eigenvalue weighted by Gasteiger charge is -2.29. The standard InChI is InChI=1S/C10H22O4/c1-6(11)8(13)9(14)7(12)5-10(2,3)4/h6-9,11-14H,5H2,1-4H3/t6-,7-,8-,9-/m0/s1. The van der Waals surface area contributed by atoms with Crippen molar-refractivity contribution < 1.29 is 20.4 Å². The fraction of sp³-hybridized carbons (Fsp3) is 1.00. The van der Waals surface area contributed by atoms with Crippen LogP contribution in [0.1, 0.15) is 34.1 Å². The summed E-state index contributed by atoms with van der Waals surface area (Å²) in [5.74, 6) is 0. The van der Waals surface area contributed by atoms with Gasteiger partial charge in [-0.05, 0) is 18.8 Å². The van der Waals surface area contributed by atoms with Gasteiger partial charge >= 0.3 is 0 Å². The van der Waals surface area contributed by atoms with Crippen molar-refractivity contribution in [1.29, 1.82) is 0 Å². The molecule has 0 aromatic rings. The molecule has 0 aromatic carbocycles. The molecule has 0 aliphatic carbocycles. The SMILES string of the molecule is C[C@H](O)[C@H](O)[C@@H](O)[C@@H](O)CC(C)(C)C. The maximum absolute atomic E-state index is 9.55. The molecule has 4 nitrogen and oxygen atoms in total. The van der Waals surface area contributed by atoms with E-state index in [1.807, 2.05) is 20.8 Å². The summed E-state index contributed by atoms with van der Waals surface area (Å²) >= 11 is 0. The Bertz CT molecular complexity index is 162. The van der Waals surface area contributed by atoms with Gasteiger partial charge in [0.15, 0.2) is 0 Å². The molecule has 4 N–H and O–H groups in total. The van der Waals surface area contributed by atoms with Crippen molar-refractivity contribution in [3.05, 3.63) is 0 Å². The van der Waals surface area contributed by atoms with E-state index in [0.29, 0.717) is 6.42 Å². The first-order valence-corrected chi connectivity index (χ1v) is 4.87. The van der Waals surface area contributed by atoms with Crippen molar-refractivity contribution in [2.75, 3.05) is 0 Å². The van der Waals surface area contributed by atoms with Crippen molar-refractivity contribution in [2.45, 2.75) is 58.5 Å². The Kier molecular flexibility index (Phi) is 5.01. The fourth-order valence-electron chi connectivity index (χ4n) is 1.26. The Hall–Kier alpha value is -0.160. The number of rotatable bonds is 4. The van der Waals surface area contributed by atoms with Crippen molar-refractivity contribution >= 4 is 0 Å². The second kappa shape index (κ2) is 5.07. The molecule has 0 amide bonds. The maximum atomic E-state index is 9.55. The summed E-state index contributed by atoms with van der Waals surface area (Å²) in [5.41, 5.74) is -0.126. The predicted octanol–water partition coefficient (Wildman–Crippen LogP) is -0.114. The average Bonchev–Trinajstić information content (AvgIpc) is 1.98. The summed E-state index contributed by atoms with van der Waals surface area (Å²) in [6.45, 7) is 7.16. The van der Waals surface area contributed by atoms with E-state index in [1.165, 1.54) is 6.92 Å². The van der Waals surface area contributed by atoms with Crippen LogP contribution in [0, 0.1) is 5.41 Å². The third-order valence-corrected chi connectivity index (χ3v) is 2.06. The molecule has 0 saturated heterocycles. The van der Waals surface area contributed by atoms with Crippen molar-refractivity contribution in [1.82, 2.24) is 0 Å². The molecule has 0 unspecified atom stereocenters. The summed E-state index contributed by atoms with van der Waals surface area (Å²) in [4.78, 5) is 0. The van der Waals surface area contributed by atoms with Gasteiger partial charge in [0.25, 0.3) is 0 Å². The number of hydrogen-bond donors (Lipinski definition) is 4. The quantitative estimate of drug-likeness (QED) is 0.517. The van der Waals surface area contributed by atoms with Gasteiger partial charge in [0, 0.05) is 0 Å². The summed E-state index contributed by atoms with van der Waals surface area (Å²) in [7, 11) is 0. The zero-order valence-electron chi connectivity index (χ0n) is 9.31. The van der Waals surface area contributed by atoms with Crippen LogP contribution in [0.15, 0.2) is 0 Å². The highest BCUT2D eigenvalue weighted by Crippen LogP contribution is 2.23. The Morgan fingerprint density at radius 2 is 1.36 bits per heavy atom. The van der Waals surface area contributed by atoms with Gasteiger partial charge in [0.2, 0.25) is 0 Å². The van der Waals surface area contributed by atoms with Gasteiger partial charge < -0.3 is 20.4 Å². The van der Waals surface area contributed by atoms with Gasteiger partial charge in [0.05, 0.1) is 12.2 Å². The molecule has 0 bridgehead atoms. The van der Waals surface area contributed by atoms with Crippen molar-refractivity contribution in [3.63, 3.8) is 0 Å². The van der Waals surface area contributed by atoms with Crippen LogP contribution in [0.25, 0.3) is 0 Å². The monoisotopic (exact) mass is 206 g/mol. The fourth-order valence-corrected chi connectivity index (χ4v) is 1.26. The minimum atomic E-state index is -1.30. The topological polar surface area (TPSA) is 80.9 Å². The van der Waals surface area contributed by atoms with Crippen LogP contribution in [-0.4, -0.2) is 44.8 Å². The molecule has 4 atom stereocenters. The summed E-state index contributed by atoms with van der Waals surface area (Å²) in [6, 6.07) is 0. The average molecular weight is 206 g/mol. The molecule has 0 heterocycles. The van der Waals surface area contributed by atoms with Gasteiger partial charge in [-0.3, -0.25) is 0 Å². The van der Waals surface area contributed by atoms with Crippen LogP contribution in [0.3, 0.4) is 0 Å². The van der Waals surface area contributed by atoms with Crippen LogP contribution in [0.5, 0.6) is 0 Å². The van der Waals surface area contributed by atoms with Crippen LogP contribution in [0.2, 0.25) is 0 Å². The van der Waals surface area contributed by atoms with E-state index in [1.54, 1.807) is 0 Å². The lowest BCUT2D eigenvalue weighted by Crippen LogP contribution is -2.44. The second-order valence-corrected chi connectivity index (χ2v) is 5.05. The number of hydrogen-bond acceptors (Lipinski definition) is 4. The van der Waals surface area contributed by atoms with E-state index in [-0.39, 0.29) is 5.41 Å². The van der Waals surface area contributed by atoms with E-state index in [0.717, 1.165) is 0 Å². The third kappa shape index (κ3) is 4.91. The van der Waals surface area contributed by atoms with Crippen molar-refractivity contribution in [3.8, 4) is 0 Å². The van der Waals surface area contributed by atoms with Crippen LogP contribution < -0.4 is 0 Å². The highest BCUT2D eigenvalue weighted by atomic mass is 16.4. The molecule has 0 aliphatic rings. The number of aliphatic hydroxyl groups is 4. The van der Waals surface area contributed by atoms with E-state index in [4.69, 9.17) is 5.11 Å². The normalized spacial score (nSPS) is 21.4. The van der Waals surface area contributed by atoms with E-state index >= 15 is 0 Å². The van der Waals surface area contributed by atoms with Crippen LogP contribution >= 0.6 is 0 Å². The first-order chi connectivity index (χ1) is 6.15. The molecule has 0 rings (SSSR count). The Morgan fingerprint density at radius 3 is 1.64 bits per heavy atom. The van der Waals surface area contributed by atoms with E-state index in [9.17, 15) is 15.3 Å². The molecule has 0 aliphatic heterocycles. The van der Waals surface area contributed by atoms with Crippen LogP contribution in [0.4, 0.5) is 0 Å². The molecular formula is C10H22O4. The Morgan fingerprint density at radius 1 is 0.929 bits per heavy atom. The Labute approximate surface area is 85.2 Å². The predicted molar refractivity (Wildman–Crippen MR) is 53.8 cm³/mol. The molecular weight excluding hydrogens is 184 g/mol. The third-order valence-electron chi connectivity index (χ3n) is 2.06. The Balaban J connectivity index is 4.18. The first kappa shape index (κ1) is 13.8. The van der Waals surface area contributed by atoms with Gasteiger partial charge in [-0.1, -0.05) is 20.8 Å². The van der Waals surface area contributed by atoms with Gasteiger partial charge in [-0.15, -0.1) is 0 Å². The largest absolute Gasteiger partial charge is 0.391 e. The highest BCUT2D eigenvalue weighted by molar-refractivity contribution is 4.81. The van der Waals surface area contributed by atoms with Gasteiger partial charge in [-0.25, -0.2) is 0 Å². The molecule has 0 radical (unpaired) electrons. The van der Waals surface area contributed by atoms with Gasteiger partial charge in [0.1, 0.15) is 12.2 Å². The molecule has 0 aromatic heterocycles. The molecule has 4 heteroatoms. The minimum absolute atomic E-state index is 0.126. The van der Waals surface area contributed by atoms with Crippen molar-refractivity contribution in [2.24, 2.45) is 5.41 Å². The summed E-state index contributed by atoms with van der Waals surface area (Å²) in [6.07, 6.45) is -4.28. The second-order valence-electron chi connectivity index (χ2n) is 5.05. The van der Waals surface area contributed by atoms with Crippen LogP contribution in [-0.2, 0) is 0 Å². The molecule has 0 saturated carbocycles. The smallest absolute Gasteiger partial charge is 0.108 e. The lowest BCUT2D eigenvalue weighted by molar-refractivity contribution is -0.107. The zero-order chi connectivity index (χ0) is 11.5. The van der Waals surface area contributed by atoms with Gasteiger partial charge in [-0.2, -0.15) is 0 Å². The first-order valence-electron chi connectivity index (χ1n) is 4.87.